The lowest BCUT2D eigenvalue weighted by atomic mass is 9.89. The van der Waals surface area contributed by atoms with Crippen LogP contribution < -0.4 is 14.8 Å². The van der Waals surface area contributed by atoms with Crippen LogP contribution in [0.15, 0.2) is 47.4 Å². The standard InChI is InChI=1S/C22H28N2O5S/c1-15-6-11-18-19(13-22(2,3)29-20(18)12-15)23-21(25)14-24(4)30(26,27)17-9-7-16(28-5)8-10-17/h6-12,19H,13-14H2,1-5H3,(H,23,25)/t19-/m0/s1. The number of benzene rings is 2. The fourth-order valence-electron chi connectivity index (χ4n) is 3.54. The summed E-state index contributed by atoms with van der Waals surface area (Å²) in [6, 6.07) is 11.7. The number of nitrogens with zero attached hydrogens (tertiary/aromatic N) is 1. The molecule has 0 aliphatic carbocycles. The van der Waals surface area contributed by atoms with Crippen molar-refractivity contribution < 1.29 is 22.7 Å². The molecule has 0 radical (unpaired) electrons. The van der Waals surface area contributed by atoms with Gasteiger partial charge >= 0.3 is 0 Å². The highest BCUT2D eigenvalue weighted by molar-refractivity contribution is 7.89. The molecule has 0 aromatic heterocycles. The molecule has 3 rings (SSSR count). The molecular formula is C22H28N2O5S. The number of amides is 1. The second kappa shape index (κ2) is 8.28. The summed E-state index contributed by atoms with van der Waals surface area (Å²) in [5, 5.41) is 2.98. The molecule has 2 aromatic carbocycles. The number of methoxy groups -OCH3 is 1. The molecule has 0 saturated heterocycles. The van der Waals surface area contributed by atoms with Crippen LogP contribution in [0.25, 0.3) is 0 Å². The van der Waals surface area contributed by atoms with Crippen molar-refractivity contribution in [2.75, 3.05) is 20.7 Å². The number of likely N-dealkylation sites (N-methyl/N-ethyl adjacent to an activating group) is 1. The molecule has 1 atom stereocenters. The lowest BCUT2D eigenvalue weighted by Gasteiger charge is -2.38. The van der Waals surface area contributed by atoms with Crippen LogP contribution in [0.3, 0.4) is 0 Å². The topological polar surface area (TPSA) is 84.9 Å². The first-order chi connectivity index (χ1) is 14.0. The lowest BCUT2D eigenvalue weighted by molar-refractivity contribution is -0.122. The van der Waals surface area contributed by atoms with E-state index >= 15 is 0 Å². The average molecular weight is 433 g/mol. The average Bonchev–Trinajstić information content (AvgIpc) is 2.66. The highest BCUT2D eigenvalue weighted by Crippen LogP contribution is 2.39. The molecule has 162 valence electrons. The predicted octanol–water partition coefficient (Wildman–Crippen LogP) is 3.04. The lowest BCUT2D eigenvalue weighted by Crippen LogP contribution is -2.44. The molecule has 0 spiro atoms. The summed E-state index contributed by atoms with van der Waals surface area (Å²) < 4.78 is 37.7. The van der Waals surface area contributed by atoms with Crippen molar-refractivity contribution in [3.63, 3.8) is 0 Å². The summed E-state index contributed by atoms with van der Waals surface area (Å²) in [7, 11) is -0.892. The molecule has 7 nitrogen and oxygen atoms in total. The van der Waals surface area contributed by atoms with Crippen LogP contribution in [0.2, 0.25) is 0 Å². The Morgan fingerprint density at radius 2 is 1.90 bits per heavy atom. The Morgan fingerprint density at radius 3 is 2.53 bits per heavy atom. The van der Waals surface area contributed by atoms with Crippen LogP contribution in [0, 0.1) is 6.92 Å². The summed E-state index contributed by atoms with van der Waals surface area (Å²) in [5.41, 5.74) is 1.52. The highest BCUT2D eigenvalue weighted by atomic mass is 32.2. The second-order valence-corrected chi connectivity index (χ2v) is 10.2. The summed E-state index contributed by atoms with van der Waals surface area (Å²) in [6.45, 7) is 5.64. The van der Waals surface area contributed by atoms with E-state index < -0.39 is 15.6 Å². The second-order valence-electron chi connectivity index (χ2n) is 8.16. The number of rotatable bonds is 6. The normalized spacial score (nSPS) is 17.7. The van der Waals surface area contributed by atoms with E-state index in [1.165, 1.54) is 26.3 Å². The number of hydrogen-bond acceptors (Lipinski definition) is 5. The molecule has 1 heterocycles. The fourth-order valence-corrected chi connectivity index (χ4v) is 4.67. The number of carbonyl (C=O) groups is 1. The quantitative estimate of drug-likeness (QED) is 0.758. The molecule has 0 saturated carbocycles. The molecule has 30 heavy (non-hydrogen) atoms. The van der Waals surface area contributed by atoms with Crippen molar-refractivity contribution in [3.8, 4) is 11.5 Å². The van der Waals surface area contributed by atoms with Crippen molar-refractivity contribution in [1.29, 1.82) is 0 Å². The molecule has 2 aromatic rings. The smallest absolute Gasteiger partial charge is 0.243 e. The van der Waals surface area contributed by atoms with E-state index in [2.05, 4.69) is 5.32 Å². The summed E-state index contributed by atoms with van der Waals surface area (Å²) in [4.78, 5) is 12.8. The van der Waals surface area contributed by atoms with Gasteiger partial charge in [-0.2, -0.15) is 4.31 Å². The van der Waals surface area contributed by atoms with Gasteiger partial charge in [0.25, 0.3) is 0 Å². The molecule has 0 unspecified atom stereocenters. The Bertz CT molecular complexity index is 1030. The van der Waals surface area contributed by atoms with Crippen molar-refractivity contribution in [2.45, 2.75) is 43.7 Å². The molecule has 1 aliphatic rings. The van der Waals surface area contributed by atoms with Gasteiger partial charge in [-0.25, -0.2) is 8.42 Å². The van der Waals surface area contributed by atoms with Crippen LogP contribution in [0.5, 0.6) is 11.5 Å². The molecular weight excluding hydrogens is 404 g/mol. The van der Waals surface area contributed by atoms with Gasteiger partial charge in [0.1, 0.15) is 17.1 Å². The zero-order chi connectivity index (χ0) is 22.1. The van der Waals surface area contributed by atoms with E-state index in [1.54, 1.807) is 12.1 Å². The highest BCUT2D eigenvalue weighted by Gasteiger charge is 2.35. The Hall–Kier alpha value is -2.58. The summed E-state index contributed by atoms with van der Waals surface area (Å²) >= 11 is 0. The molecule has 8 heteroatoms. The van der Waals surface area contributed by atoms with E-state index in [0.29, 0.717) is 12.2 Å². The number of hydrogen-bond donors (Lipinski definition) is 1. The van der Waals surface area contributed by atoms with Gasteiger partial charge in [0.15, 0.2) is 0 Å². The van der Waals surface area contributed by atoms with Crippen LogP contribution in [-0.2, 0) is 14.8 Å². The van der Waals surface area contributed by atoms with E-state index in [9.17, 15) is 13.2 Å². The van der Waals surface area contributed by atoms with Gasteiger partial charge in [-0.1, -0.05) is 12.1 Å². The van der Waals surface area contributed by atoms with E-state index in [1.807, 2.05) is 39.0 Å². The SMILES string of the molecule is COc1ccc(S(=O)(=O)N(C)CC(=O)N[C@H]2CC(C)(C)Oc3cc(C)ccc32)cc1. The first-order valence-electron chi connectivity index (χ1n) is 9.71. The van der Waals surface area contributed by atoms with Gasteiger partial charge in [-0.05, 0) is 56.7 Å². The number of sulfonamides is 1. The maximum Gasteiger partial charge on any atom is 0.243 e. The van der Waals surface area contributed by atoms with Crippen LogP contribution in [0.4, 0.5) is 0 Å². The molecule has 0 bridgehead atoms. The van der Waals surface area contributed by atoms with Gasteiger partial charge in [0.2, 0.25) is 15.9 Å². The van der Waals surface area contributed by atoms with Gasteiger partial charge in [0, 0.05) is 19.0 Å². The maximum absolute atomic E-state index is 12.8. The minimum absolute atomic E-state index is 0.103. The summed E-state index contributed by atoms with van der Waals surface area (Å²) in [6.07, 6.45) is 0.587. The Balaban J connectivity index is 1.73. The number of carbonyl (C=O) groups excluding carboxylic acids is 1. The first kappa shape index (κ1) is 22.1. The monoisotopic (exact) mass is 432 g/mol. The third-order valence-electron chi connectivity index (χ3n) is 5.10. The minimum atomic E-state index is -3.80. The zero-order valence-corrected chi connectivity index (χ0v) is 18.7. The molecule has 1 amide bonds. The van der Waals surface area contributed by atoms with Gasteiger partial charge in [-0.15, -0.1) is 0 Å². The Labute approximate surface area is 178 Å². The maximum atomic E-state index is 12.8. The Morgan fingerprint density at radius 1 is 1.23 bits per heavy atom. The third-order valence-corrected chi connectivity index (χ3v) is 6.91. The molecule has 1 aliphatic heterocycles. The molecule has 1 N–H and O–H groups in total. The first-order valence-corrected chi connectivity index (χ1v) is 11.2. The van der Waals surface area contributed by atoms with Crippen molar-refractivity contribution in [1.82, 2.24) is 9.62 Å². The number of ether oxygens (including phenoxy) is 2. The van der Waals surface area contributed by atoms with Gasteiger partial charge < -0.3 is 14.8 Å². The van der Waals surface area contributed by atoms with Crippen LogP contribution in [-0.4, -0.2) is 44.9 Å². The minimum Gasteiger partial charge on any atom is -0.497 e. The molecule has 0 fully saturated rings. The van der Waals surface area contributed by atoms with Crippen molar-refractivity contribution in [2.24, 2.45) is 0 Å². The van der Waals surface area contributed by atoms with Gasteiger partial charge in [-0.3, -0.25) is 4.79 Å². The van der Waals surface area contributed by atoms with Gasteiger partial charge in [0.05, 0.1) is 24.6 Å². The Kier molecular flexibility index (Phi) is 6.10. The third kappa shape index (κ3) is 4.76. The zero-order valence-electron chi connectivity index (χ0n) is 17.9. The van der Waals surface area contributed by atoms with Crippen LogP contribution >= 0.6 is 0 Å². The van der Waals surface area contributed by atoms with E-state index in [4.69, 9.17) is 9.47 Å². The van der Waals surface area contributed by atoms with Crippen molar-refractivity contribution >= 4 is 15.9 Å². The fraction of sp³-hybridized carbons (Fsp3) is 0.409. The predicted molar refractivity (Wildman–Crippen MR) is 114 cm³/mol. The van der Waals surface area contributed by atoms with E-state index in [0.717, 1.165) is 21.2 Å². The summed E-state index contributed by atoms with van der Waals surface area (Å²) in [5.74, 6) is 0.935. The van der Waals surface area contributed by atoms with Crippen LogP contribution in [0.1, 0.15) is 37.4 Å². The largest absolute Gasteiger partial charge is 0.497 e. The number of aryl methyl sites for hydroxylation is 1. The number of fused-ring (bicyclic) bond motifs is 1. The van der Waals surface area contributed by atoms with Crippen molar-refractivity contribution in [3.05, 3.63) is 53.6 Å². The number of nitrogens with one attached hydrogen (secondary N) is 1. The van der Waals surface area contributed by atoms with E-state index in [-0.39, 0.29) is 23.4 Å².